The van der Waals surface area contributed by atoms with Crippen LogP contribution in [-0.2, 0) is 4.79 Å². The summed E-state index contributed by atoms with van der Waals surface area (Å²) >= 11 is 0. The van der Waals surface area contributed by atoms with Crippen molar-refractivity contribution in [3.63, 3.8) is 0 Å². The van der Waals surface area contributed by atoms with Gasteiger partial charge in [-0.1, -0.05) is 13.8 Å². The molecule has 47 heavy (non-hydrogen) atoms. The van der Waals surface area contributed by atoms with E-state index in [2.05, 4.69) is 37.4 Å². The molecule has 0 spiro atoms. The summed E-state index contributed by atoms with van der Waals surface area (Å²) in [6, 6.07) is 5.89. The molecular formula is C35H53N9O3. The van der Waals surface area contributed by atoms with Gasteiger partial charge in [0.1, 0.15) is 17.5 Å². The highest BCUT2D eigenvalue weighted by Crippen LogP contribution is 2.37. The summed E-state index contributed by atoms with van der Waals surface area (Å²) in [4.78, 5) is 42.9. The Morgan fingerprint density at radius 3 is 2.47 bits per heavy atom. The van der Waals surface area contributed by atoms with E-state index in [1.54, 1.807) is 31.3 Å². The summed E-state index contributed by atoms with van der Waals surface area (Å²) in [5.41, 5.74) is 1.88. The first-order valence-corrected chi connectivity index (χ1v) is 17.7. The summed E-state index contributed by atoms with van der Waals surface area (Å²) in [6.45, 7) is 11.0. The number of likely N-dealkylation sites (N-methyl/N-ethyl adjacent to an activating group) is 1. The first kappa shape index (κ1) is 33.4. The molecular weight excluding hydrogens is 594 g/mol. The number of carbonyl (C=O) groups excluding carboxylic acids is 2. The number of fused-ring (bicyclic) bond motifs is 1. The van der Waals surface area contributed by atoms with Crippen molar-refractivity contribution >= 4 is 35.0 Å². The topological polar surface area (TPSA) is 109 Å². The van der Waals surface area contributed by atoms with Gasteiger partial charge in [0.15, 0.2) is 5.82 Å². The average molecular weight is 648 g/mol. The zero-order valence-electron chi connectivity index (χ0n) is 28.9. The van der Waals surface area contributed by atoms with Crippen molar-refractivity contribution in [1.29, 1.82) is 0 Å². The highest BCUT2D eigenvalue weighted by atomic mass is 16.5. The Morgan fingerprint density at radius 1 is 1.06 bits per heavy atom. The molecule has 2 aliphatic heterocycles. The molecule has 0 radical (unpaired) electrons. The van der Waals surface area contributed by atoms with Gasteiger partial charge in [0.25, 0.3) is 11.8 Å². The average Bonchev–Trinajstić information content (AvgIpc) is 3.91. The lowest BCUT2D eigenvalue weighted by Crippen LogP contribution is -2.58. The maximum absolute atomic E-state index is 13.3. The third kappa shape index (κ3) is 7.49. The van der Waals surface area contributed by atoms with Gasteiger partial charge in [-0.15, -0.1) is 0 Å². The summed E-state index contributed by atoms with van der Waals surface area (Å²) in [5, 5.41) is 10.6. The van der Waals surface area contributed by atoms with E-state index in [1.165, 1.54) is 45.6 Å². The number of carbonyl (C=O) groups is 2. The Balaban J connectivity index is 1.07. The van der Waals surface area contributed by atoms with Gasteiger partial charge >= 0.3 is 0 Å². The molecule has 2 saturated carbocycles. The van der Waals surface area contributed by atoms with Gasteiger partial charge in [-0.05, 0) is 75.5 Å². The van der Waals surface area contributed by atoms with Crippen LogP contribution in [0.3, 0.4) is 0 Å². The number of hydrazine groups is 1. The number of nitrogens with zero attached hydrogens (tertiary/aromatic N) is 7. The predicted octanol–water partition coefficient (Wildman–Crippen LogP) is 4.12. The van der Waals surface area contributed by atoms with E-state index in [1.807, 2.05) is 31.1 Å². The molecule has 12 nitrogen and oxygen atoms in total. The fourth-order valence-electron chi connectivity index (χ4n) is 7.49. The summed E-state index contributed by atoms with van der Waals surface area (Å²) in [6.07, 6.45) is 10.4. The fourth-order valence-corrected chi connectivity index (χ4v) is 7.49. The SMILES string of the molecule is CCCN(C)N1c2nc(Nc3ccc(C(=O)NC4CCC(N5CCN(CC6CC6)CC5)CC4)cc3OC)ncc2N(C)C(=O)C1CC. The van der Waals surface area contributed by atoms with Gasteiger partial charge in [0, 0.05) is 71.0 Å². The molecule has 1 aromatic heterocycles. The first-order chi connectivity index (χ1) is 22.8. The third-order valence-electron chi connectivity index (χ3n) is 10.4. The molecule has 4 aliphatic rings. The molecule has 2 amide bonds. The lowest BCUT2D eigenvalue weighted by Gasteiger charge is -2.44. The molecule has 12 heteroatoms. The van der Waals surface area contributed by atoms with Crippen molar-refractivity contribution in [3.05, 3.63) is 30.0 Å². The minimum atomic E-state index is -0.346. The molecule has 1 saturated heterocycles. The molecule has 1 atom stereocenters. The Hall–Kier alpha value is -3.48. The third-order valence-corrected chi connectivity index (χ3v) is 10.4. The second-order valence-corrected chi connectivity index (χ2v) is 13.7. The second-order valence-electron chi connectivity index (χ2n) is 13.7. The lowest BCUT2D eigenvalue weighted by atomic mass is 9.89. The molecule has 1 aromatic carbocycles. The Labute approximate surface area is 279 Å². The maximum atomic E-state index is 13.3. The fraction of sp³-hybridized carbons (Fsp3) is 0.657. The summed E-state index contributed by atoms with van der Waals surface area (Å²) in [7, 11) is 5.35. The highest BCUT2D eigenvalue weighted by Gasteiger charge is 2.39. The van der Waals surface area contributed by atoms with Crippen molar-refractivity contribution < 1.29 is 14.3 Å². The summed E-state index contributed by atoms with van der Waals surface area (Å²) in [5.74, 6) is 2.49. The van der Waals surface area contributed by atoms with Gasteiger partial charge < -0.3 is 25.2 Å². The van der Waals surface area contributed by atoms with E-state index in [0.29, 0.717) is 46.9 Å². The highest BCUT2D eigenvalue weighted by molar-refractivity contribution is 6.04. The van der Waals surface area contributed by atoms with Crippen LogP contribution in [0.4, 0.5) is 23.1 Å². The van der Waals surface area contributed by atoms with Crippen molar-refractivity contribution in [1.82, 2.24) is 30.1 Å². The van der Waals surface area contributed by atoms with E-state index < -0.39 is 0 Å². The number of piperazine rings is 1. The lowest BCUT2D eigenvalue weighted by molar-refractivity contribution is -0.120. The number of ether oxygens (including phenoxy) is 1. The number of nitrogens with one attached hydrogen (secondary N) is 2. The largest absolute Gasteiger partial charge is 0.495 e. The number of hydrogen-bond acceptors (Lipinski definition) is 10. The minimum Gasteiger partial charge on any atom is -0.495 e. The van der Waals surface area contributed by atoms with Crippen molar-refractivity contribution in [2.24, 2.45) is 5.92 Å². The van der Waals surface area contributed by atoms with Crippen LogP contribution < -0.4 is 25.3 Å². The number of rotatable bonds is 12. The number of methoxy groups -OCH3 is 1. The first-order valence-electron chi connectivity index (χ1n) is 17.7. The quantitative estimate of drug-likeness (QED) is 0.349. The van der Waals surface area contributed by atoms with Crippen LogP contribution in [0, 0.1) is 5.92 Å². The Bertz CT molecular complexity index is 1400. The number of amides is 2. The van der Waals surface area contributed by atoms with Gasteiger partial charge in [-0.2, -0.15) is 4.98 Å². The molecule has 1 unspecified atom stereocenters. The molecule has 2 aliphatic carbocycles. The van der Waals surface area contributed by atoms with E-state index in [4.69, 9.17) is 9.72 Å². The van der Waals surface area contributed by atoms with Crippen LogP contribution >= 0.6 is 0 Å². The second kappa shape index (κ2) is 14.7. The zero-order valence-corrected chi connectivity index (χ0v) is 28.9. The van der Waals surface area contributed by atoms with Crippen molar-refractivity contribution in [3.8, 4) is 5.75 Å². The zero-order chi connectivity index (χ0) is 33.1. The van der Waals surface area contributed by atoms with Gasteiger partial charge in [-0.3, -0.25) is 19.5 Å². The molecule has 2 aromatic rings. The number of hydrogen-bond donors (Lipinski definition) is 2. The number of benzene rings is 1. The molecule has 2 N–H and O–H groups in total. The maximum Gasteiger partial charge on any atom is 0.251 e. The number of aromatic nitrogens is 2. The summed E-state index contributed by atoms with van der Waals surface area (Å²) < 4.78 is 5.70. The van der Waals surface area contributed by atoms with Crippen LogP contribution in [0.15, 0.2) is 24.4 Å². The van der Waals surface area contributed by atoms with Gasteiger partial charge in [0.05, 0.1) is 19.0 Å². The van der Waals surface area contributed by atoms with Crippen LogP contribution in [-0.4, -0.2) is 115 Å². The predicted molar refractivity (Wildman–Crippen MR) is 185 cm³/mol. The van der Waals surface area contributed by atoms with Gasteiger partial charge in [0.2, 0.25) is 5.95 Å². The Morgan fingerprint density at radius 2 is 1.81 bits per heavy atom. The molecule has 256 valence electrons. The monoisotopic (exact) mass is 647 g/mol. The smallest absolute Gasteiger partial charge is 0.251 e. The van der Waals surface area contributed by atoms with E-state index in [0.717, 1.165) is 44.6 Å². The normalized spacial score (nSPS) is 24.0. The standard InChI is InChI=1S/C35H53N9O3/c1-6-16-40(3)44-29(7-2)34(46)41(4)30-22-36-35(39-32(30)44)38-28-15-10-25(21-31(28)47-5)33(45)37-26-11-13-27(14-12-26)43-19-17-42(18-20-43)23-24-8-9-24/h10,15,21-22,24,26-27,29H,6-9,11-14,16-20,23H2,1-5H3,(H,37,45)(H,36,38,39). The van der Waals surface area contributed by atoms with Crippen molar-refractivity contribution in [2.75, 3.05) is 75.7 Å². The van der Waals surface area contributed by atoms with Crippen LogP contribution in [0.1, 0.15) is 75.6 Å². The molecule has 0 bridgehead atoms. The molecule has 6 rings (SSSR count). The van der Waals surface area contributed by atoms with Gasteiger partial charge in [-0.25, -0.2) is 9.99 Å². The molecule has 3 fully saturated rings. The van der Waals surface area contributed by atoms with Crippen LogP contribution in [0.5, 0.6) is 5.75 Å². The van der Waals surface area contributed by atoms with Crippen LogP contribution in [0.25, 0.3) is 0 Å². The minimum absolute atomic E-state index is 0.0216. The number of anilines is 4. The van der Waals surface area contributed by atoms with E-state index in [-0.39, 0.29) is 23.9 Å². The van der Waals surface area contributed by atoms with E-state index >= 15 is 0 Å². The Kier molecular flexibility index (Phi) is 10.5. The van der Waals surface area contributed by atoms with Crippen LogP contribution in [0.2, 0.25) is 0 Å². The van der Waals surface area contributed by atoms with Crippen molar-refractivity contribution in [2.45, 2.75) is 83.3 Å². The molecule has 3 heterocycles. The van der Waals surface area contributed by atoms with E-state index in [9.17, 15) is 9.59 Å².